The Morgan fingerprint density at radius 2 is 0.373 bits per heavy atom. The quantitative estimate of drug-likeness (QED) is 0.105. The monoisotopic (exact) mass is 1380 g/mol. The molecule has 102 heavy (non-hydrogen) atoms. The Morgan fingerprint density at radius 3 is 0.814 bits per heavy atom. The second kappa shape index (κ2) is 16.6. The van der Waals surface area contributed by atoms with Gasteiger partial charge in [-0.25, -0.2) is 0 Å². The van der Waals surface area contributed by atoms with Gasteiger partial charge >= 0.3 is 0 Å². The molecule has 6 heteroatoms. The van der Waals surface area contributed by atoms with Crippen LogP contribution in [0, 0.1) is 0 Å². The second-order valence-corrected chi connectivity index (χ2v) is 35.0. The largest absolute Gasteiger partial charge is 0.142 e. The molecule has 0 aliphatic rings. The van der Waals surface area contributed by atoms with E-state index >= 15 is 0 Å². The molecule has 31 rings (SSSR count). The summed E-state index contributed by atoms with van der Waals surface area (Å²) in [5, 5.41) is 88.5. The van der Waals surface area contributed by atoms with E-state index in [0.29, 0.717) is 0 Å². The molecule has 6 heterocycles. The first-order chi connectivity index (χ1) is 50.7. The fourth-order valence-electron chi connectivity index (χ4n) is 22.1. The van der Waals surface area contributed by atoms with Crippen molar-refractivity contribution in [3.05, 3.63) is 226 Å². The summed E-state index contributed by atoms with van der Waals surface area (Å²) in [6, 6.07) is 74.8. The lowest BCUT2D eigenvalue weighted by molar-refractivity contribution is 1.82. The van der Waals surface area contributed by atoms with Crippen LogP contribution in [0.5, 0.6) is 0 Å². The van der Waals surface area contributed by atoms with E-state index in [1.807, 2.05) is 68.0 Å². The van der Waals surface area contributed by atoms with Crippen LogP contribution in [0.15, 0.2) is 226 Å². The Hall–Kier alpha value is -11.2. The van der Waals surface area contributed by atoms with Crippen molar-refractivity contribution >= 4 is 376 Å². The van der Waals surface area contributed by atoms with E-state index < -0.39 is 0 Å². The molecule has 0 saturated heterocycles. The van der Waals surface area contributed by atoms with Gasteiger partial charge in [0.1, 0.15) is 0 Å². The van der Waals surface area contributed by atoms with Gasteiger partial charge in [0.2, 0.25) is 0 Å². The van der Waals surface area contributed by atoms with Gasteiger partial charge in [0.25, 0.3) is 0 Å². The number of rotatable bonds is 0. The van der Waals surface area contributed by atoms with Crippen molar-refractivity contribution in [1.82, 2.24) is 0 Å². The summed E-state index contributed by atoms with van der Waals surface area (Å²) in [6.07, 6.45) is 0. The molecule has 0 radical (unpaired) electrons. The van der Waals surface area contributed by atoms with Crippen molar-refractivity contribution in [2.75, 3.05) is 0 Å². The molecule has 0 N–H and O–H groups in total. The van der Waals surface area contributed by atoms with Gasteiger partial charge in [0.15, 0.2) is 0 Å². The highest BCUT2D eigenvalue weighted by Gasteiger charge is 2.36. The Balaban J connectivity index is 0.000000109. The molecule has 6 aromatic heterocycles. The van der Waals surface area contributed by atoms with Gasteiger partial charge in [-0.2, -0.15) is 0 Å². The smallest absolute Gasteiger partial charge is 0.0440 e. The highest BCUT2D eigenvalue weighted by molar-refractivity contribution is 7.22. The lowest BCUT2D eigenvalue weighted by Gasteiger charge is -2.27. The third-order valence-corrected chi connectivity index (χ3v) is 31.7. The summed E-state index contributed by atoms with van der Waals surface area (Å²) in [5.41, 5.74) is 0. The van der Waals surface area contributed by atoms with Crippen LogP contribution in [0.1, 0.15) is 0 Å². The van der Waals surface area contributed by atoms with Crippen LogP contribution in [-0.2, 0) is 0 Å². The SMILES string of the molecule is c1ccc2c(c1)cc1c3scc4c5c6ccccc6cc6c7scc8c9c%10ccccc%10cc%10c%11scc%12c2c1c1c(c43)c(c65)c(c87)c(c%109)c1c%12%11.c1ccc2c(c1)cc1cc2c2scc3c4cc5ccccc5c5c6scc7c8cc9ccccc9c9c%10scc1c%10c1cc(c32)c(c45)c(c76)c1c89. The lowest BCUT2D eigenvalue weighted by atomic mass is 9.75. The van der Waals surface area contributed by atoms with Gasteiger partial charge in [0, 0.05) is 190 Å². The molecular formula is C96H38S6. The minimum atomic E-state index is 1.31. The van der Waals surface area contributed by atoms with Crippen molar-refractivity contribution < 1.29 is 0 Å². The number of thiophene rings is 6. The van der Waals surface area contributed by atoms with Crippen LogP contribution >= 0.6 is 68.0 Å². The fraction of sp³-hybridized carbons (Fsp3) is 0. The Morgan fingerprint density at radius 1 is 0.118 bits per heavy atom. The number of hydrogen-bond acceptors (Lipinski definition) is 6. The van der Waals surface area contributed by atoms with Crippen LogP contribution in [0.3, 0.4) is 0 Å². The summed E-state index contributed by atoms with van der Waals surface area (Å²) < 4.78 is 8.56. The van der Waals surface area contributed by atoms with E-state index in [4.69, 9.17) is 0 Å². The van der Waals surface area contributed by atoms with Gasteiger partial charge in [-0.15, -0.1) is 68.0 Å². The van der Waals surface area contributed by atoms with Crippen molar-refractivity contribution in [2.24, 2.45) is 0 Å². The first kappa shape index (κ1) is 51.1. The van der Waals surface area contributed by atoms with Crippen molar-refractivity contribution in [3.63, 3.8) is 0 Å². The predicted octanol–water partition coefficient (Wildman–Crippen LogP) is 31.6. The Labute approximate surface area is 597 Å². The molecule has 0 atom stereocenters. The first-order valence-corrected chi connectivity index (χ1v) is 40.5. The zero-order valence-corrected chi connectivity index (χ0v) is 58.3. The second-order valence-electron chi connectivity index (χ2n) is 29.7. The highest BCUT2D eigenvalue weighted by Crippen LogP contribution is 2.66. The van der Waals surface area contributed by atoms with E-state index in [2.05, 4.69) is 226 Å². The zero-order valence-electron chi connectivity index (χ0n) is 53.4. The van der Waals surface area contributed by atoms with E-state index in [1.54, 1.807) is 0 Å². The highest BCUT2D eigenvalue weighted by atomic mass is 32.1. The fourth-order valence-corrected chi connectivity index (χ4v) is 28.7. The molecule has 0 spiro atoms. The molecular weight excluding hydrogens is 1350 g/mol. The summed E-state index contributed by atoms with van der Waals surface area (Å²) in [5.74, 6) is 0. The third kappa shape index (κ3) is 5.26. The summed E-state index contributed by atoms with van der Waals surface area (Å²) >= 11 is 11.7. The minimum absolute atomic E-state index is 1.31. The molecule has 458 valence electrons. The van der Waals surface area contributed by atoms with Crippen LogP contribution in [0.25, 0.3) is 308 Å². The zero-order chi connectivity index (χ0) is 64.6. The number of benzene rings is 24. The standard InChI is InChI=1S/C48H18S3.C48H20S3/c1-4-10-22-19(7-1)13-25-34-31(22)28-16-50-47-26-14-20-8-3-6-12-24(20)33-30-18-51-48-27-15-21-9-2-5-11-23(21)32-29-17-49-46(25)38(29)44-40(34)43(37(28)47)41(35(26)33)45(39(30)48)42(44)36(27)32;1-4-10-25-21(7-1)13-24-16-30(25)46-37-32-17-31-36-33(24)18-50-47(36)42-26-11-5-2-9-23(26)15-29-35-20-51-48-43-27-12-6-3-8-22(27)14-28(34(37)19-49-46)38(43)41(32)45(44(35)48)40(31)39(29)42/h1-18H;1-20H. The van der Waals surface area contributed by atoms with E-state index in [0.717, 1.165) is 0 Å². The molecule has 4 bridgehead atoms. The van der Waals surface area contributed by atoms with Crippen LogP contribution in [0.2, 0.25) is 0 Å². The molecule has 25 aromatic carbocycles. The molecule has 0 amide bonds. The molecule has 0 nitrogen and oxygen atoms in total. The molecule has 0 unspecified atom stereocenters. The Bertz CT molecular complexity index is 8630. The lowest BCUT2D eigenvalue weighted by Crippen LogP contribution is -1.98. The van der Waals surface area contributed by atoms with Crippen molar-refractivity contribution in [3.8, 4) is 0 Å². The van der Waals surface area contributed by atoms with Gasteiger partial charge in [0.05, 0.1) is 0 Å². The topological polar surface area (TPSA) is 0 Å². The maximum absolute atomic E-state index is 2.64. The average Bonchev–Trinajstić information content (AvgIpc) is 1.26. The van der Waals surface area contributed by atoms with Crippen LogP contribution < -0.4 is 0 Å². The summed E-state index contributed by atoms with van der Waals surface area (Å²) in [4.78, 5) is 0. The summed E-state index contributed by atoms with van der Waals surface area (Å²) in [7, 11) is 0. The molecule has 0 fully saturated rings. The maximum atomic E-state index is 2.64. The summed E-state index contributed by atoms with van der Waals surface area (Å²) in [6.45, 7) is 0. The minimum Gasteiger partial charge on any atom is -0.142 e. The Kier molecular flexibility index (Phi) is 8.30. The maximum Gasteiger partial charge on any atom is 0.0440 e. The first-order valence-electron chi connectivity index (χ1n) is 35.2. The van der Waals surface area contributed by atoms with Crippen LogP contribution in [-0.4, -0.2) is 0 Å². The van der Waals surface area contributed by atoms with Gasteiger partial charge in [-0.05, 0) is 199 Å². The van der Waals surface area contributed by atoms with Crippen LogP contribution in [0.4, 0.5) is 0 Å². The molecule has 0 aliphatic heterocycles. The van der Waals surface area contributed by atoms with E-state index in [9.17, 15) is 0 Å². The van der Waals surface area contributed by atoms with E-state index in [-0.39, 0.29) is 0 Å². The average molecular weight is 1380 g/mol. The molecule has 31 aromatic rings. The van der Waals surface area contributed by atoms with E-state index in [1.165, 1.54) is 308 Å². The van der Waals surface area contributed by atoms with Crippen molar-refractivity contribution in [1.29, 1.82) is 0 Å². The van der Waals surface area contributed by atoms with Gasteiger partial charge < -0.3 is 0 Å². The molecule has 0 aliphatic carbocycles. The third-order valence-electron chi connectivity index (χ3n) is 25.6. The molecule has 0 saturated carbocycles. The normalized spacial score (nSPS) is 13.7. The predicted molar refractivity (Wildman–Crippen MR) is 460 cm³/mol. The van der Waals surface area contributed by atoms with Gasteiger partial charge in [-0.3, -0.25) is 0 Å². The van der Waals surface area contributed by atoms with Crippen molar-refractivity contribution in [2.45, 2.75) is 0 Å². The van der Waals surface area contributed by atoms with Gasteiger partial charge in [-0.1, -0.05) is 146 Å². The number of hydrogen-bond donors (Lipinski definition) is 0. The number of fused-ring (bicyclic) bond motifs is 26.